The minimum absolute atomic E-state index is 0.0787. The Morgan fingerprint density at radius 2 is 2.00 bits per heavy atom. The zero-order valence-corrected chi connectivity index (χ0v) is 6.27. The molecule has 0 radical (unpaired) electrons. The molecule has 0 bridgehead atoms. The van der Waals surface area contributed by atoms with Crippen molar-refractivity contribution in [3.05, 3.63) is 35.9 Å². The lowest BCUT2D eigenvalue weighted by molar-refractivity contribution is -0.131. The molecule has 0 aromatic heterocycles. The summed E-state index contributed by atoms with van der Waals surface area (Å²) in [4.78, 5) is 10.1. The van der Waals surface area contributed by atoms with Crippen LogP contribution in [0, 0.1) is 0 Å². The third kappa shape index (κ3) is 2.12. The average Bonchev–Trinajstić information content (AvgIpc) is 2.03. The molecule has 0 aliphatic carbocycles. The van der Waals surface area contributed by atoms with Crippen LogP contribution in [0.25, 0.3) is 6.08 Å². The van der Waals surface area contributed by atoms with Gasteiger partial charge in [0.2, 0.25) is 0 Å². The zero-order chi connectivity index (χ0) is 8.97. The van der Waals surface area contributed by atoms with Crippen LogP contribution in [-0.2, 0) is 4.79 Å². The van der Waals surface area contributed by atoms with E-state index in [9.17, 15) is 9.90 Å². The third-order valence-electron chi connectivity index (χ3n) is 1.34. The number of para-hydroxylation sites is 1. The van der Waals surface area contributed by atoms with Crippen molar-refractivity contribution in [2.45, 2.75) is 0 Å². The number of hydrogen-bond acceptors (Lipinski definition) is 2. The van der Waals surface area contributed by atoms with Gasteiger partial charge in [-0.25, -0.2) is 4.79 Å². The van der Waals surface area contributed by atoms with Crippen molar-refractivity contribution in [2.24, 2.45) is 0 Å². The van der Waals surface area contributed by atoms with Crippen LogP contribution in [0.15, 0.2) is 30.3 Å². The Kier molecular flexibility index (Phi) is 2.48. The fourth-order valence-electron chi connectivity index (χ4n) is 0.790. The van der Waals surface area contributed by atoms with Gasteiger partial charge in [0.15, 0.2) is 0 Å². The Morgan fingerprint density at radius 1 is 1.33 bits per heavy atom. The molecule has 1 rings (SSSR count). The highest BCUT2D eigenvalue weighted by Gasteiger charge is 1.94. The highest BCUT2D eigenvalue weighted by atomic mass is 16.4. The number of aliphatic carboxylic acids is 1. The van der Waals surface area contributed by atoms with E-state index in [0.717, 1.165) is 6.08 Å². The molecule has 3 nitrogen and oxygen atoms in total. The standard InChI is InChI=1S/C9H8O3/c10-8-4-2-1-3-7(8)5-6-9(11)12/h1-6,10H,(H,11,12)/b6-5-. The van der Waals surface area contributed by atoms with Gasteiger partial charge < -0.3 is 10.2 Å². The van der Waals surface area contributed by atoms with E-state index in [4.69, 9.17) is 5.11 Å². The molecule has 0 saturated carbocycles. The van der Waals surface area contributed by atoms with Crippen molar-refractivity contribution >= 4 is 12.0 Å². The van der Waals surface area contributed by atoms with Crippen molar-refractivity contribution in [3.63, 3.8) is 0 Å². The maximum atomic E-state index is 10.1. The first-order valence-corrected chi connectivity index (χ1v) is 3.39. The first-order chi connectivity index (χ1) is 5.70. The fraction of sp³-hybridized carbons (Fsp3) is 0. The van der Waals surface area contributed by atoms with Crippen LogP contribution in [0.1, 0.15) is 5.56 Å². The molecule has 1 aromatic carbocycles. The van der Waals surface area contributed by atoms with Crippen molar-refractivity contribution < 1.29 is 15.0 Å². The second-order valence-corrected chi connectivity index (χ2v) is 2.23. The first-order valence-electron chi connectivity index (χ1n) is 3.39. The number of phenols is 1. The van der Waals surface area contributed by atoms with E-state index in [1.807, 2.05) is 0 Å². The summed E-state index contributed by atoms with van der Waals surface area (Å²) in [5.74, 6) is -0.951. The monoisotopic (exact) mass is 164 g/mol. The van der Waals surface area contributed by atoms with Gasteiger partial charge in [-0.15, -0.1) is 0 Å². The quantitative estimate of drug-likeness (QED) is 0.651. The van der Waals surface area contributed by atoms with Crippen LogP contribution in [-0.4, -0.2) is 16.2 Å². The van der Waals surface area contributed by atoms with Gasteiger partial charge in [0.25, 0.3) is 0 Å². The molecular formula is C9H8O3. The summed E-state index contributed by atoms with van der Waals surface area (Å²) in [6.45, 7) is 0. The van der Waals surface area contributed by atoms with Gasteiger partial charge in [-0.2, -0.15) is 0 Å². The van der Waals surface area contributed by atoms with Crippen LogP contribution >= 0.6 is 0 Å². The predicted octanol–water partition coefficient (Wildman–Crippen LogP) is 1.49. The van der Waals surface area contributed by atoms with Gasteiger partial charge in [0, 0.05) is 11.6 Å². The van der Waals surface area contributed by atoms with E-state index in [1.165, 1.54) is 12.1 Å². The first kappa shape index (κ1) is 8.33. The molecule has 0 saturated heterocycles. The Labute approximate surface area is 69.6 Å². The van der Waals surface area contributed by atoms with Gasteiger partial charge in [0.1, 0.15) is 5.75 Å². The maximum Gasteiger partial charge on any atom is 0.328 e. The van der Waals surface area contributed by atoms with Crippen molar-refractivity contribution in [2.75, 3.05) is 0 Å². The van der Waals surface area contributed by atoms with Gasteiger partial charge in [-0.05, 0) is 12.1 Å². The predicted molar refractivity (Wildman–Crippen MR) is 44.8 cm³/mol. The molecule has 2 N–H and O–H groups in total. The molecule has 0 fully saturated rings. The second kappa shape index (κ2) is 3.57. The number of carboxylic acid groups (broad SMARTS) is 1. The van der Waals surface area contributed by atoms with Crippen molar-refractivity contribution in [1.82, 2.24) is 0 Å². The molecule has 1 aromatic rings. The van der Waals surface area contributed by atoms with Crippen LogP contribution in [0.5, 0.6) is 5.75 Å². The van der Waals surface area contributed by atoms with E-state index in [2.05, 4.69) is 0 Å². The molecule has 12 heavy (non-hydrogen) atoms. The van der Waals surface area contributed by atoms with E-state index in [0.29, 0.717) is 5.56 Å². The summed E-state index contributed by atoms with van der Waals surface area (Å²) in [6.07, 6.45) is 2.33. The Bertz CT molecular complexity index is 315. The number of rotatable bonds is 2. The third-order valence-corrected chi connectivity index (χ3v) is 1.34. The van der Waals surface area contributed by atoms with Gasteiger partial charge in [0.05, 0.1) is 0 Å². The molecule has 0 atom stereocenters. The minimum Gasteiger partial charge on any atom is -0.507 e. The molecule has 3 heteroatoms. The highest BCUT2D eigenvalue weighted by molar-refractivity contribution is 5.85. The number of benzene rings is 1. The Balaban J connectivity index is 2.89. The smallest absolute Gasteiger partial charge is 0.328 e. The largest absolute Gasteiger partial charge is 0.507 e. The highest BCUT2D eigenvalue weighted by Crippen LogP contribution is 2.16. The second-order valence-electron chi connectivity index (χ2n) is 2.23. The topological polar surface area (TPSA) is 57.5 Å². The van der Waals surface area contributed by atoms with E-state index in [1.54, 1.807) is 18.2 Å². The molecule has 0 spiro atoms. The summed E-state index contributed by atoms with van der Waals surface area (Å²) < 4.78 is 0. The van der Waals surface area contributed by atoms with Crippen LogP contribution in [0.4, 0.5) is 0 Å². The normalized spacial score (nSPS) is 10.3. The fourth-order valence-corrected chi connectivity index (χ4v) is 0.790. The van der Waals surface area contributed by atoms with Gasteiger partial charge >= 0.3 is 5.97 Å². The summed E-state index contributed by atoms with van der Waals surface area (Å²) >= 11 is 0. The Hall–Kier alpha value is -1.77. The van der Waals surface area contributed by atoms with Crippen LogP contribution in [0.2, 0.25) is 0 Å². The van der Waals surface area contributed by atoms with E-state index in [-0.39, 0.29) is 5.75 Å². The molecule has 0 unspecified atom stereocenters. The SMILES string of the molecule is O=C(O)/C=C\c1ccccc1O. The van der Waals surface area contributed by atoms with E-state index >= 15 is 0 Å². The van der Waals surface area contributed by atoms with Crippen molar-refractivity contribution in [1.29, 1.82) is 0 Å². The summed E-state index contributed by atoms with van der Waals surface area (Å²) in [5.41, 5.74) is 0.500. The number of phenolic OH excluding ortho intramolecular Hbond substituents is 1. The summed E-state index contributed by atoms with van der Waals surface area (Å²) in [5, 5.41) is 17.5. The lowest BCUT2D eigenvalue weighted by Crippen LogP contribution is -1.85. The molecule has 0 aliphatic heterocycles. The number of aromatic hydroxyl groups is 1. The number of carboxylic acids is 1. The molecule has 0 aliphatic rings. The molecule has 0 amide bonds. The number of carbonyl (C=O) groups is 1. The van der Waals surface area contributed by atoms with Crippen LogP contribution in [0.3, 0.4) is 0 Å². The van der Waals surface area contributed by atoms with Gasteiger partial charge in [-0.1, -0.05) is 18.2 Å². The van der Waals surface area contributed by atoms with Crippen molar-refractivity contribution in [3.8, 4) is 5.75 Å². The maximum absolute atomic E-state index is 10.1. The minimum atomic E-state index is -1.03. The lowest BCUT2D eigenvalue weighted by atomic mass is 10.2. The van der Waals surface area contributed by atoms with Crippen LogP contribution < -0.4 is 0 Å². The average molecular weight is 164 g/mol. The van der Waals surface area contributed by atoms with E-state index < -0.39 is 5.97 Å². The Morgan fingerprint density at radius 3 is 2.58 bits per heavy atom. The molecule has 0 heterocycles. The molecular weight excluding hydrogens is 156 g/mol. The summed E-state index contributed by atoms with van der Waals surface area (Å²) in [7, 11) is 0. The zero-order valence-electron chi connectivity index (χ0n) is 6.27. The number of hydrogen-bond donors (Lipinski definition) is 2. The lowest BCUT2D eigenvalue weighted by Gasteiger charge is -1.95. The summed E-state index contributed by atoms with van der Waals surface area (Å²) in [6, 6.07) is 6.53. The van der Waals surface area contributed by atoms with Gasteiger partial charge in [-0.3, -0.25) is 0 Å². The molecule has 62 valence electrons.